The number of hydrogen-bond acceptors (Lipinski definition) is 4. The Morgan fingerprint density at radius 1 is 1.26 bits per heavy atom. The maximum atomic E-state index is 5.47. The highest BCUT2D eigenvalue weighted by Crippen LogP contribution is 2.36. The minimum atomic E-state index is -0.107. The van der Waals surface area contributed by atoms with Crippen LogP contribution in [-0.4, -0.2) is 46.1 Å². The second kappa shape index (κ2) is 8.06. The molecule has 0 amide bonds. The molecule has 0 aromatic heterocycles. The summed E-state index contributed by atoms with van der Waals surface area (Å²) in [6.07, 6.45) is 0. The first-order chi connectivity index (χ1) is 11.1. The maximum Gasteiger partial charge on any atom is 0.231 e. The summed E-state index contributed by atoms with van der Waals surface area (Å²) in [6.45, 7) is 9.56. The fourth-order valence-corrected chi connectivity index (χ4v) is 2.30. The van der Waals surface area contributed by atoms with Gasteiger partial charge in [-0.2, -0.15) is 0 Å². The first-order valence-electron chi connectivity index (χ1n) is 7.98. The van der Waals surface area contributed by atoms with Gasteiger partial charge in [-0.3, -0.25) is 4.99 Å². The predicted molar refractivity (Wildman–Crippen MR) is 91.4 cm³/mol. The van der Waals surface area contributed by atoms with Crippen LogP contribution >= 0.6 is 0 Å². The van der Waals surface area contributed by atoms with E-state index in [0.717, 1.165) is 30.5 Å². The molecule has 1 aliphatic heterocycles. The second-order valence-electron chi connectivity index (χ2n) is 6.07. The summed E-state index contributed by atoms with van der Waals surface area (Å²) in [4.78, 5) is 4.69. The molecule has 6 heteroatoms. The monoisotopic (exact) mass is 321 g/mol. The number of hydrogen-bond donors (Lipinski definition) is 2. The van der Waals surface area contributed by atoms with Crippen molar-refractivity contribution in [3.63, 3.8) is 0 Å². The standard InChI is InChI=1S/C17H27N3O3/c1-5-18-16(19-8-9-21-4)20-11-17(2,3)13-6-7-14-15(10-13)23-12-22-14/h6-7,10H,5,8-9,11-12H2,1-4H3,(H2,18,19,20). The molecule has 1 heterocycles. The highest BCUT2D eigenvalue weighted by atomic mass is 16.7. The largest absolute Gasteiger partial charge is 0.454 e. The number of rotatable bonds is 7. The fraction of sp³-hybridized carbons (Fsp3) is 0.588. The van der Waals surface area contributed by atoms with Crippen LogP contribution in [0.5, 0.6) is 11.5 Å². The Balaban J connectivity index is 2.04. The van der Waals surface area contributed by atoms with E-state index in [9.17, 15) is 0 Å². The zero-order chi connectivity index (χ0) is 16.7. The van der Waals surface area contributed by atoms with Gasteiger partial charge in [-0.15, -0.1) is 0 Å². The van der Waals surface area contributed by atoms with E-state index in [1.54, 1.807) is 7.11 Å². The number of nitrogens with one attached hydrogen (secondary N) is 2. The molecule has 6 nitrogen and oxygen atoms in total. The van der Waals surface area contributed by atoms with Gasteiger partial charge >= 0.3 is 0 Å². The zero-order valence-corrected chi connectivity index (χ0v) is 14.4. The molecule has 128 valence electrons. The number of ether oxygens (including phenoxy) is 3. The lowest BCUT2D eigenvalue weighted by Gasteiger charge is -2.24. The Kier molecular flexibility index (Phi) is 6.10. The summed E-state index contributed by atoms with van der Waals surface area (Å²) in [5.41, 5.74) is 1.07. The van der Waals surface area contributed by atoms with Gasteiger partial charge in [-0.25, -0.2) is 0 Å². The minimum Gasteiger partial charge on any atom is -0.454 e. The number of aliphatic imine (C=N–C) groups is 1. The van der Waals surface area contributed by atoms with E-state index >= 15 is 0 Å². The molecule has 0 atom stereocenters. The normalized spacial score (nSPS) is 14.0. The van der Waals surface area contributed by atoms with Crippen LogP contribution in [0.1, 0.15) is 26.3 Å². The second-order valence-corrected chi connectivity index (χ2v) is 6.07. The summed E-state index contributed by atoms with van der Waals surface area (Å²) in [6, 6.07) is 6.09. The summed E-state index contributed by atoms with van der Waals surface area (Å²) in [5, 5.41) is 6.50. The average molecular weight is 321 g/mol. The van der Waals surface area contributed by atoms with E-state index in [-0.39, 0.29) is 5.41 Å². The number of fused-ring (bicyclic) bond motifs is 1. The molecule has 0 aliphatic carbocycles. The van der Waals surface area contributed by atoms with Gasteiger partial charge in [-0.05, 0) is 24.6 Å². The topological polar surface area (TPSA) is 64.1 Å². The molecule has 0 saturated heterocycles. The van der Waals surface area contributed by atoms with Gasteiger partial charge in [0.05, 0.1) is 13.2 Å². The van der Waals surface area contributed by atoms with Crippen LogP contribution in [0.3, 0.4) is 0 Å². The van der Waals surface area contributed by atoms with Gasteiger partial charge in [-0.1, -0.05) is 19.9 Å². The van der Waals surface area contributed by atoms with E-state index in [0.29, 0.717) is 19.9 Å². The highest BCUT2D eigenvalue weighted by Gasteiger charge is 2.24. The van der Waals surface area contributed by atoms with E-state index in [1.807, 2.05) is 12.1 Å². The molecule has 1 aromatic rings. The number of guanidine groups is 1. The first kappa shape index (κ1) is 17.4. The van der Waals surface area contributed by atoms with Gasteiger partial charge in [0.15, 0.2) is 17.5 Å². The molecule has 23 heavy (non-hydrogen) atoms. The van der Waals surface area contributed by atoms with Crippen LogP contribution in [0, 0.1) is 0 Å². The molecular weight excluding hydrogens is 294 g/mol. The Hall–Kier alpha value is -1.95. The van der Waals surface area contributed by atoms with Crippen LogP contribution in [0.4, 0.5) is 0 Å². The maximum absolute atomic E-state index is 5.47. The van der Waals surface area contributed by atoms with Crippen LogP contribution in [0.15, 0.2) is 23.2 Å². The van der Waals surface area contributed by atoms with Crippen molar-refractivity contribution in [1.82, 2.24) is 10.6 Å². The molecule has 1 aliphatic rings. The van der Waals surface area contributed by atoms with Crippen molar-refractivity contribution in [2.75, 3.05) is 40.1 Å². The van der Waals surface area contributed by atoms with E-state index in [4.69, 9.17) is 19.2 Å². The summed E-state index contributed by atoms with van der Waals surface area (Å²) in [5.74, 6) is 2.42. The Labute approximate surface area is 138 Å². The Morgan fingerprint density at radius 3 is 2.78 bits per heavy atom. The zero-order valence-electron chi connectivity index (χ0n) is 14.4. The Morgan fingerprint density at radius 2 is 2.04 bits per heavy atom. The number of methoxy groups -OCH3 is 1. The van der Waals surface area contributed by atoms with E-state index in [2.05, 4.69) is 37.5 Å². The molecule has 0 spiro atoms. The molecule has 0 unspecified atom stereocenters. The van der Waals surface area contributed by atoms with Crippen LogP contribution in [-0.2, 0) is 10.2 Å². The minimum absolute atomic E-state index is 0.107. The lowest BCUT2D eigenvalue weighted by Crippen LogP contribution is -2.40. The van der Waals surface area contributed by atoms with Crippen molar-refractivity contribution in [3.05, 3.63) is 23.8 Å². The van der Waals surface area contributed by atoms with Crippen molar-refractivity contribution < 1.29 is 14.2 Å². The van der Waals surface area contributed by atoms with Gasteiger partial charge < -0.3 is 24.8 Å². The van der Waals surface area contributed by atoms with Gasteiger partial charge in [0, 0.05) is 25.6 Å². The molecule has 0 radical (unpaired) electrons. The fourth-order valence-electron chi connectivity index (χ4n) is 2.30. The molecular formula is C17H27N3O3. The lowest BCUT2D eigenvalue weighted by atomic mass is 9.84. The molecule has 1 aromatic carbocycles. The van der Waals surface area contributed by atoms with E-state index in [1.165, 1.54) is 5.56 Å². The van der Waals surface area contributed by atoms with E-state index < -0.39 is 0 Å². The molecule has 0 fully saturated rings. The van der Waals surface area contributed by atoms with Crippen LogP contribution < -0.4 is 20.1 Å². The van der Waals surface area contributed by atoms with Crippen molar-refractivity contribution in [2.45, 2.75) is 26.2 Å². The highest BCUT2D eigenvalue weighted by molar-refractivity contribution is 5.79. The Bertz CT molecular complexity index is 544. The molecule has 2 rings (SSSR count). The van der Waals surface area contributed by atoms with Gasteiger partial charge in [0.25, 0.3) is 0 Å². The predicted octanol–water partition coefficient (Wildman–Crippen LogP) is 1.89. The quantitative estimate of drug-likeness (QED) is 0.456. The first-order valence-corrected chi connectivity index (χ1v) is 7.98. The van der Waals surface area contributed by atoms with Crippen molar-refractivity contribution in [1.29, 1.82) is 0 Å². The third-order valence-corrected chi connectivity index (χ3v) is 3.73. The van der Waals surface area contributed by atoms with Gasteiger partial charge in [0.2, 0.25) is 6.79 Å². The molecule has 2 N–H and O–H groups in total. The van der Waals surface area contributed by atoms with Gasteiger partial charge in [0.1, 0.15) is 0 Å². The third-order valence-electron chi connectivity index (χ3n) is 3.73. The lowest BCUT2D eigenvalue weighted by molar-refractivity contribution is 0.174. The van der Waals surface area contributed by atoms with Crippen molar-refractivity contribution >= 4 is 5.96 Å². The summed E-state index contributed by atoms with van der Waals surface area (Å²) >= 11 is 0. The number of nitrogens with zero attached hydrogens (tertiary/aromatic N) is 1. The average Bonchev–Trinajstić information content (AvgIpc) is 3.00. The third kappa shape index (κ3) is 4.76. The van der Waals surface area contributed by atoms with Crippen LogP contribution in [0.2, 0.25) is 0 Å². The molecule has 0 saturated carbocycles. The summed E-state index contributed by atoms with van der Waals surface area (Å²) in [7, 11) is 1.69. The van der Waals surface area contributed by atoms with Crippen LogP contribution in [0.25, 0.3) is 0 Å². The van der Waals surface area contributed by atoms with Crippen molar-refractivity contribution in [2.24, 2.45) is 4.99 Å². The smallest absolute Gasteiger partial charge is 0.231 e. The van der Waals surface area contributed by atoms with Crippen molar-refractivity contribution in [3.8, 4) is 11.5 Å². The SMILES string of the molecule is CCNC(=NCC(C)(C)c1ccc2c(c1)OCO2)NCCOC. The summed E-state index contributed by atoms with van der Waals surface area (Å²) < 4.78 is 15.9. The number of benzene rings is 1. The molecule has 0 bridgehead atoms.